The molecule has 1 aromatic carbocycles. The number of rotatable bonds is 28. The summed E-state index contributed by atoms with van der Waals surface area (Å²) in [7, 11) is 0. The van der Waals surface area contributed by atoms with Crippen molar-refractivity contribution >= 4 is 64.1 Å². The number of amides is 9. The number of benzene rings is 1. The van der Waals surface area contributed by atoms with E-state index >= 15 is 0 Å². The molecule has 1 unspecified atom stereocenters. The molecule has 3 aromatic heterocycles. The summed E-state index contributed by atoms with van der Waals surface area (Å²) in [5, 5.41) is 22.2. The van der Waals surface area contributed by atoms with Gasteiger partial charge in [0, 0.05) is 86.1 Å². The van der Waals surface area contributed by atoms with E-state index in [1.165, 1.54) is 38.9 Å². The zero-order valence-corrected chi connectivity index (χ0v) is 40.3. The molecule has 0 saturated carbocycles. The van der Waals surface area contributed by atoms with Gasteiger partial charge in [-0.3, -0.25) is 43.2 Å². The molecule has 9 amide bonds. The molecule has 24 nitrogen and oxygen atoms in total. The number of hydrogen-bond acceptors (Lipinski definition) is 12. The normalized spacial score (nSPS) is 14.2. The van der Waals surface area contributed by atoms with Crippen LogP contribution in [0.3, 0.4) is 0 Å². The minimum Gasteiger partial charge on any atom is -0.370 e. The number of nitrogens with two attached hydrogens (primary N) is 2. The van der Waals surface area contributed by atoms with Crippen LogP contribution >= 0.6 is 0 Å². The highest BCUT2D eigenvalue weighted by atomic mass is 16.2. The van der Waals surface area contributed by atoms with E-state index in [1.54, 1.807) is 20.0 Å². The lowest BCUT2D eigenvalue weighted by molar-refractivity contribution is -0.135. The fourth-order valence-electron chi connectivity index (χ4n) is 7.41. The summed E-state index contributed by atoms with van der Waals surface area (Å²) in [5.41, 5.74) is 13.7. The quantitative estimate of drug-likeness (QED) is 0.0298. The van der Waals surface area contributed by atoms with Crippen molar-refractivity contribution in [2.75, 3.05) is 13.1 Å². The molecule has 0 saturated heterocycles. The first-order chi connectivity index (χ1) is 33.2. The molecular weight excluding hydrogens is 907 g/mol. The van der Waals surface area contributed by atoms with E-state index in [2.05, 4.69) is 67.5 Å². The second-order valence-electron chi connectivity index (χ2n) is 17.9. The summed E-state index contributed by atoms with van der Waals surface area (Å²) in [6, 6.07) is -0.421. The van der Waals surface area contributed by atoms with Crippen molar-refractivity contribution in [2.24, 2.45) is 23.3 Å². The lowest BCUT2D eigenvalue weighted by Gasteiger charge is -2.26. The first kappa shape index (κ1) is 55.0. The number of aromatic nitrogens is 5. The Labute approximate surface area is 405 Å². The molecular formula is C46H67N15O9. The van der Waals surface area contributed by atoms with Crippen LogP contribution in [0.5, 0.6) is 0 Å². The van der Waals surface area contributed by atoms with E-state index in [4.69, 9.17) is 11.5 Å². The number of carbonyl (C=O) groups is 9. The first-order valence-corrected chi connectivity index (χ1v) is 23.1. The van der Waals surface area contributed by atoms with E-state index < -0.39 is 102 Å². The molecule has 0 aliphatic carbocycles. The molecule has 24 heteroatoms. The zero-order chi connectivity index (χ0) is 51.5. The van der Waals surface area contributed by atoms with Gasteiger partial charge in [-0.2, -0.15) is 0 Å². The molecule has 0 radical (unpaired) electrons. The van der Waals surface area contributed by atoms with E-state index in [1.807, 2.05) is 38.1 Å². The molecule has 70 heavy (non-hydrogen) atoms. The van der Waals surface area contributed by atoms with E-state index in [-0.39, 0.29) is 50.5 Å². The maximum Gasteiger partial charge on any atom is 0.243 e. The summed E-state index contributed by atoms with van der Waals surface area (Å²) >= 11 is 0. The highest BCUT2D eigenvalue weighted by molar-refractivity contribution is 5.97. The average Bonchev–Trinajstić information content (AvgIpc) is 4.11. The maximum absolute atomic E-state index is 14.1. The van der Waals surface area contributed by atoms with E-state index in [0.717, 1.165) is 10.9 Å². The second-order valence-corrected chi connectivity index (χ2v) is 17.9. The number of primary amides is 1. The molecule has 0 fully saturated rings. The van der Waals surface area contributed by atoms with Gasteiger partial charge in [-0.1, -0.05) is 45.9 Å². The topological polar surface area (TPSA) is 375 Å². The Kier molecular flexibility index (Phi) is 21.0. The summed E-state index contributed by atoms with van der Waals surface area (Å²) in [6.07, 6.45) is 7.69. The third-order valence-electron chi connectivity index (χ3n) is 11.1. The summed E-state index contributed by atoms with van der Waals surface area (Å²) in [4.78, 5) is 135. The lowest BCUT2D eigenvalue weighted by Crippen LogP contribution is -2.59. The third kappa shape index (κ3) is 17.8. The largest absolute Gasteiger partial charge is 0.370 e. The van der Waals surface area contributed by atoms with Crippen molar-refractivity contribution in [2.45, 2.75) is 122 Å². The maximum atomic E-state index is 14.1. The Morgan fingerprint density at radius 2 is 1.24 bits per heavy atom. The van der Waals surface area contributed by atoms with Gasteiger partial charge < -0.3 is 69.0 Å². The van der Waals surface area contributed by atoms with Crippen molar-refractivity contribution in [3.63, 3.8) is 0 Å². The molecule has 380 valence electrons. The van der Waals surface area contributed by atoms with Gasteiger partial charge >= 0.3 is 0 Å². The van der Waals surface area contributed by atoms with E-state index in [9.17, 15) is 43.2 Å². The molecule has 4 aromatic rings. The van der Waals surface area contributed by atoms with Gasteiger partial charge in [0.1, 0.15) is 30.2 Å². The van der Waals surface area contributed by atoms with Gasteiger partial charge in [0.2, 0.25) is 53.2 Å². The SMILES string of the molecule is CC(=O)NCC(CC(C)C)NC(=O)[C@H](Cc1cnc[nH]1)NC(=O)CNC(=O)[C@@H](NC(=O)[C@H](C)NC(=O)[C@H](Cc1c[nH]c2ccccc12)NC(=O)[C@H](Cc1cnc[nH]1)NC(=O)[C@@H](N)CCC(N)=O)C(C)C. The predicted molar refractivity (Wildman–Crippen MR) is 256 cm³/mol. The van der Waals surface area contributed by atoms with Gasteiger partial charge in [-0.05, 0) is 43.2 Å². The molecule has 0 spiro atoms. The van der Waals surface area contributed by atoms with E-state index in [0.29, 0.717) is 23.4 Å². The molecule has 3 heterocycles. The lowest BCUT2D eigenvalue weighted by atomic mass is 10.0. The predicted octanol–water partition coefficient (Wildman–Crippen LogP) is -1.88. The van der Waals surface area contributed by atoms with Crippen LogP contribution in [0, 0.1) is 11.8 Å². The van der Waals surface area contributed by atoms with Crippen molar-refractivity contribution in [3.8, 4) is 0 Å². The van der Waals surface area contributed by atoms with Crippen LogP contribution in [0.1, 0.15) is 77.8 Å². The van der Waals surface area contributed by atoms with Crippen LogP contribution < -0.4 is 54.0 Å². The van der Waals surface area contributed by atoms with Crippen LogP contribution in [0.4, 0.5) is 0 Å². The van der Waals surface area contributed by atoms with Crippen LogP contribution in [-0.4, -0.2) is 133 Å². The molecule has 0 aliphatic rings. The fourth-order valence-corrected chi connectivity index (χ4v) is 7.41. The van der Waals surface area contributed by atoms with Crippen molar-refractivity contribution in [3.05, 3.63) is 72.5 Å². The Balaban J connectivity index is 1.44. The number of aromatic amines is 3. The fraction of sp³-hybridized carbons (Fsp3) is 0.500. The van der Waals surface area contributed by atoms with Crippen LogP contribution in [0.25, 0.3) is 10.9 Å². The molecule has 0 aliphatic heterocycles. The monoisotopic (exact) mass is 974 g/mol. The molecule has 4 rings (SSSR count). The van der Waals surface area contributed by atoms with Gasteiger partial charge in [0.25, 0.3) is 0 Å². The smallest absolute Gasteiger partial charge is 0.243 e. The Morgan fingerprint density at radius 1 is 0.657 bits per heavy atom. The minimum absolute atomic E-state index is 0.0391. The number of hydrogen-bond donors (Lipinski definition) is 13. The summed E-state index contributed by atoms with van der Waals surface area (Å²) in [6.45, 7) is 9.66. The van der Waals surface area contributed by atoms with Crippen molar-refractivity contribution in [1.29, 1.82) is 0 Å². The molecule has 7 atom stereocenters. The second kappa shape index (κ2) is 26.8. The molecule has 0 bridgehead atoms. The first-order valence-electron chi connectivity index (χ1n) is 23.1. The van der Waals surface area contributed by atoms with Crippen molar-refractivity contribution < 1.29 is 43.2 Å². The zero-order valence-electron chi connectivity index (χ0n) is 40.3. The summed E-state index contributed by atoms with van der Waals surface area (Å²) in [5.74, 6) is -6.22. The van der Waals surface area contributed by atoms with Gasteiger partial charge in [-0.25, -0.2) is 9.97 Å². The number of para-hydroxylation sites is 1. The Morgan fingerprint density at radius 3 is 1.83 bits per heavy atom. The third-order valence-corrected chi connectivity index (χ3v) is 11.1. The van der Waals surface area contributed by atoms with Crippen LogP contribution in [0.15, 0.2) is 55.5 Å². The number of nitrogens with one attached hydrogen (secondary N) is 11. The van der Waals surface area contributed by atoms with Crippen LogP contribution in [0.2, 0.25) is 0 Å². The number of imidazole rings is 2. The Hall–Kier alpha value is -7.63. The van der Waals surface area contributed by atoms with Gasteiger partial charge in [-0.15, -0.1) is 0 Å². The molecule has 15 N–H and O–H groups in total. The van der Waals surface area contributed by atoms with Gasteiger partial charge in [0.05, 0.1) is 25.2 Å². The number of nitrogens with zero attached hydrogens (tertiary/aromatic N) is 2. The number of fused-ring (bicyclic) bond motifs is 1. The van der Waals surface area contributed by atoms with Crippen LogP contribution in [-0.2, 0) is 62.4 Å². The highest BCUT2D eigenvalue weighted by Gasteiger charge is 2.33. The van der Waals surface area contributed by atoms with Gasteiger partial charge in [0.15, 0.2) is 0 Å². The number of carbonyl (C=O) groups excluding carboxylic acids is 9. The average molecular weight is 974 g/mol. The Bertz CT molecular complexity index is 2400. The van der Waals surface area contributed by atoms with Crippen molar-refractivity contribution in [1.82, 2.24) is 67.5 Å². The highest BCUT2D eigenvalue weighted by Crippen LogP contribution is 2.20. The minimum atomic E-state index is -1.31. The number of H-pyrrole nitrogens is 3. The summed E-state index contributed by atoms with van der Waals surface area (Å²) < 4.78 is 0. The standard InChI is InChI=1S/C46H67N15O9/c1-24(2)13-31(20-51-27(6)62)57-44(68)36(15-29-18-49-22-54-29)58-39(64)21-53-46(70)40(25(3)4)61-41(65)26(5)56-43(67)35(14-28-17-52-34-10-8-7-9-32(28)34)60-45(69)37(16-30-19-50-23-55-30)59-42(66)33(47)11-12-38(48)63/h7-10,17-19,22-26,31,33,35-37,40,52H,11-16,20-21,47H2,1-6H3,(H2,48,63)(H,49,54)(H,50,55)(H,51,62)(H,53,70)(H,56,67)(H,57,68)(H,58,64)(H,59,66)(H,60,69)(H,61,65)/t26-,31?,33-,35-,36-,37-,40-/m0/s1.